The standard InChI is InChI=1S/C12H14N4O2/c1-7-4-3-5-10(8(7)2)18-6-9(17)11-14-12(13)16-15-11/h3-5H,6H2,1-2H3,(H3,13,14,15,16). The van der Waals surface area contributed by atoms with Gasteiger partial charge in [-0.2, -0.15) is 4.98 Å². The molecule has 0 radical (unpaired) electrons. The van der Waals surface area contributed by atoms with Crippen LogP contribution in [0.3, 0.4) is 0 Å². The van der Waals surface area contributed by atoms with Gasteiger partial charge in [0.1, 0.15) is 5.75 Å². The van der Waals surface area contributed by atoms with Crippen molar-refractivity contribution in [3.05, 3.63) is 35.2 Å². The summed E-state index contributed by atoms with van der Waals surface area (Å²) in [4.78, 5) is 15.5. The zero-order valence-electron chi connectivity index (χ0n) is 10.2. The molecule has 0 amide bonds. The second-order valence-corrected chi connectivity index (χ2v) is 3.95. The molecule has 1 heterocycles. The Kier molecular flexibility index (Phi) is 3.27. The van der Waals surface area contributed by atoms with E-state index in [0.717, 1.165) is 11.1 Å². The number of nitrogens with two attached hydrogens (primary N) is 1. The van der Waals surface area contributed by atoms with Gasteiger partial charge >= 0.3 is 0 Å². The average molecular weight is 246 g/mol. The lowest BCUT2D eigenvalue weighted by Crippen LogP contribution is -2.14. The number of benzene rings is 1. The molecule has 1 aromatic heterocycles. The van der Waals surface area contributed by atoms with Crippen LogP contribution in [0.2, 0.25) is 0 Å². The third-order valence-electron chi connectivity index (χ3n) is 2.68. The van der Waals surface area contributed by atoms with E-state index in [4.69, 9.17) is 10.5 Å². The van der Waals surface area contributed by atoms with Gasteiger partial charge in [-0.05, 0) is 31.0 Å². The maximum Gasteiger partial charge on any atom is 0.239 e. The van der Waals surface area contributed by atoms with E-state index in [1.807, 2.05) is 32.0 Å². The highest BCUT2D eigenvalue weighted by Gasteiger charge is 2.12. The monoisotopic (exact) mass is 246 g/mol. The van der Waals surface area contributed by atoms with E-state index in [9.17, 15) is 4.79 Å². The highest BCUT2D eigenvalue weighted by Crippen LogP contribution is 2.20. The van der Waals surface area contributed by atoms with Crippen molar-refractivity contribution in [2.24, 2.45) is 0 Å². The highest BCUT2D eigenvalue weighted by atomic mass is 16.5. The van der Waals surface area contributed by atoms with Crippen LogP contribution in [0.1, 0.15) is 21.7 Å². The van der Waals surface area contributed by atoms with Crippen LogP contribution in [-0.4, -0.2) is 27.6 Å². The van der Waals surface area contributed by atoms with Crippen LogP contribution in [0, 0.1) is 13.8 Å². The van der Waals surface area contributed by atoms with Gasteiger partial charge in [-0.3, -0.25) is 9.89 Å². The fourth-order valence-electron chi connectivity index (χ4n) is 1.49. The van der Waals surface area contributed by atoms with E-state index in [-0.39, 0.29) is 24.2 Å². The predicted molar refractivity (Wildman–Crippen MR) is 66.5 cm³/mol. The van der Waals surface area contributed by atoms with Crippen LogP contribution in [0.4, 0.5) is 5.95 Å². The van der Waals surface area contributed by atoms with Gasteiger partial charge in [-0.15, -0.1) is 5.10 Å². The number of ether oxygens (including phenoxy) is 1. The number of Topliss-reactive ketones (excluding diaryl/α,β-unsaturated/α-hetero) is 1. The molecule has 6 nitrogen and oxygen atoms in total. The smallest absolute Gasteiger partial charge is 0.239 e. The Morgan fingerprint density at radius 1 is 1.44 bits per heavy atom. The van der Waals surface area contributed by atoms with Crippen molar-refractivity contribution >= 4 is 11.7 Å². The molecule has 0 aliphatic carbocycles. The number of aromatic amines is 1. The van der Waals surface area contributed by atoms with Crippen LogP contribution < -0.4 is 10.5 Å². The zero-order valence-corrected chi connectivity index (χ0v) is 10.2. The summed E-state index contributed by atoms with van der Waals surface area (Å²) in [5.74, 6) is 0.554. The maximum absolute atomic E-state index is 11.7. The second kappa shape index (κ2) is 4.87. The lowest BCUT2D eigenvalue weighted by molar-refractivity contribution is 0.0911. The van der Waals surface area contributed by atoms with Gasteiger partial charge in [0.25, 0.3) is 0 Å². The average Bonchev–Trinajstić information content (AvgIpc) is 2.77. The first kappa shape index (κ1) is 12.1. The maximum atomic E-state index is 11.7. The van der Waals surface area contributed by atoms with Crippen LogP contribution in [0.25, 0.3) is 0 Å². The van der Waals surface area contributed by atoms with Gasteiger partial charge < -0.3 is 10.5 Å². The van der Waals surface area contributed by atoms with Crippen LogP contribution in [0.5, 0.6) is 5.75 Å². The van der Waals surface area contributed by atoms with Crippen molar-refractivity contribution in [3.63, 3.8) is 0 Å². The Labute approximate surface area is 104 Å². The molecule has 1 aromatic carbocycles. The number of rotatable bonds is 4. The molecule has 0 atom stereocenters. The van der Waals surface area contributed by atoms with E-state index in [1.54, 1.807) is 0 Å². The quantitative estimate of drug-likeness (QED) is 0.792. The van der Waals surface area contributed by atoms with E-state index >= 15 is 0 Å². The molecule has 0 aliphatic heterocycles. The number of aryl methyl sites for hydroxylation is 1. The molecule has 0 unspecified atom stereocenters. The van der Waals surface area contributed by atoms with Crippen molar-refractivity contribution in [1.29, 1.82) is 0 Å². The van der Waals surface area contributed by atoms with Crippen molar-refractivity contribution in [2.45, 2.75) is 13.8 Å². The Morgan fingerprint density at radius 3 is 2.89 bits per heavy atom. The SMILES string of the molecule is Cc1cccc(OCC(=O)c2nc(N)n[nH]2)c1C. The summed E-state index contributed by atoms with van der Waals surface area (Å²) in [6, 6.07) is 5.69. The molecule has 6 heteroatoms. The van der Waals surface area contributed by atoms with Crippen molar-refractivity contribution in [1.82, 2.24) is 15.2 Å². The molecular formula is C12H14N4O2. The molecule has 0 bridgehead atoms. The number of aromatic nitrogens is 3. The molecule has 2 aromatic rings. The fraction of sp³-hybridized carbons (Fsp3) is 0.250. The third kappa shape index (κ3) is 2.48. The number of hydrogen-bond donors (Lipinski definition) is 2. The van der Waals surface area contributed by atoms with Gasteiger partial charge in [-0.25, -0.2) is 0 Å². The number of ketones is 1. The molecule has 0 saturated heterocycles. The van der Waals surface area contributed by atoms with Gasteiger partial charge in [0, 0.05) is 0 Å². The van der Waals surface area contributed by atoms with Crippen LogP contribution in [-0.2, 0) is 0 Å². The number of nitrogen functional groups attached to an aromatic ring is 1. The first-order valence-corrected chi connectivity index (χ1v) is 5.48. The first-order valence-electron chi connectivity index (χ1n) is 5.48. The minimum atomic E-state index is -0.292. The zero-order chi connectivity index (χ0) is 13.1. The number of carbonyl (C=O) groups is 1. The topological polar surface area (TPSA) is 93.9 Å². The highest BCUT2D eigenvalue weighted by molar-refractivity contribution is 5.93. The van der Waals surface area contributed by atoms with Crippen LogP contribution >= 0.6 is 0 Å². The minimum absolute atomic E-state index is 0.0464. The molecule has 0 aliphatic rings. The molecule has 0 saturated carbocycles. The van der Waals surface area contributed by atoms with Crippen LogP contribution in [0.15, 0.2) is 18.2 Å². The summed E-state index contributed by atoms with van der Waals surface area (Å²) in [7, 11) is 0. The normalized spacial score (nSPS) is 10.3. The van der Waals surface area contributed by atoms with Gasteiger partial charge in [0.2, 0.25) is 11.7 Å². The summed E-state index contributed by atoms with van der Waals surface area (Å²) >= 11 is 0. The lowest BCUT2D eigenvalue weighted by Gasteiger charge is -2.09. The summed E-state index contributed by atoms with van der Waals surface area (Å²) in [5.41, 5.74) is 7.45. The number of nitrogens with zero attached hydrogens (tertiary/aromatic N) is 2. The minimum Gasteiger partial charge on any atom is -0.485 e. The first-order chi connectivity index (χ1) is 8.58. The van der Waals surface area contributed by atoms with E-state index in [0.29, 0.717) is 5.75 Å². The van der Waals surface area contributed by atoms with Gasteiger partial charge in [0.15, 0.2) is 12.4 Å². The lowest BCUT2D eigenvalue weighted by atomic mass is 10.1. The third-order valence-corrected chi connectivity index (χ3v) is 2.68. The molecular weight excluding hydrogens is 232 g/mol. The van der Waals surface area contributed by atoms with Crippen molar-refractivity contribution in [3.8, 4) is 5.75 Å². The Morgan fingerprint density at radius 2 is 2.22 bits per heavy atom. The van der Waals surface area contributed by atoms with E-state index < -0.39 is 0 Å². The van der Waals surface area contributed by atoms with Gasteiger partial charge in [0.05, 0.1) is 0 Å². The Balaban J connectivity index is 2.04. The van der Waals surface area contributed by atoms with E-state index in [2.05, 4.69) is 15.2 Å². The molecule has 18 heavy (non-hydrogen) atoms. The molecule has 2 rings (SSSR count). The van der Waals surface area contributed by atoms with Crippen molar-refractivity contribution in [2.75, 3.05) is 12.3 Å². The number of carbonyl (C=O) groups excluding carboxylic acids is 1. The number of hydrogen-bond acceptors (Lipinski definition) is 5. The summed E-state index contributed by atoms with van der Waals surface area (Å²) < 4.78 is 5.46. The number of anilines is 1. The predicted octanol–water partition coefficient (Wildman–Crippen LogP) is 1.27. The largest absolute Gasteiger partial charge is 0.485 e. The molecule has 0 fully saturated rings. The fourth-order valence-corrected chi connectivity index (χ4v) is 1.49. The van der Waals surface area contributed by atoms with Crippen molar-refractivity contribution < 1.29 is 9.53 Å². The van der Waals surface area contributed by atoms with Gasteiger partial charge in [-0.1, -0.05) is 12.1 Å². The second-order valence-electron chi connectivity index (χ2n) is 3.95. The van der Waals surface area contributed by atoms with E-state index in [1.165, 1.54) is 0 Å². The summed E-state index contributed by atoms with van der Waals surface area (Å²) in [5, 5.41) is 6.04. The number of nitrogens with one attached hydrogen (secondary N) is 1. The molecule has 94 valence electrons. The Hall–Kier alpha value is -2.37. The Bertz CT molecular complexity index is 577. The summed E-state index contributed by atoms with van der Waals surface area (Å²) in [6.45, 7) is 3.83. The number of H-pyrrole nitrogens is 1. The molecule has 3 N–H and O–H groups in total. The summed E-state index contributed by atoms with van der Waals surface area (Å²) in [6.07, 6.45) is 0. The molecule has 0 spiro atoms.